The van der Waals surface area contributed by atoms with Gasteiger partial charge in [-0.3, -0.25) is 4.79 Å². The van der Waals surface area contributed by atoms with Crippen LogP contribution in [0.1, 0.15) is 36.9 Å². The second-order valence-electron chi connectivity index (χ2n) is 5.67. The standard InChI is InChI=1S/C18H18ClNO/c1-13(14-7-3-2-4-8-14)20-17(21)18(11-12-18)15-9-5-6-10-16(15)19/h2-10,13H,11-12H2,1H3,(H,20,21). The first kappa shape index (κ1) is 14.2. The Morgan fingerprint density at radius 1 is 1.10 bits per heavy atom. The summed E-state index contributed by atoms with van der Waals surface area (Å²) in [5, 5.41) is 3.81. The molecule has 2 aromatic rings. The van der Waals surface area contributed by atoms with Crippen molar-refractivity contribution in [2.24, 2.45) is 0 Å². The fourth-order valence-corrected chi connectivity index (χ4v) is 3.07. The molecule has 3 heteroatoms. The molecule has 1 N–H and O–H groups in total. The van der Waals surface area contributed by atoms with E-state index in [2.05, 4.69) is 5.32 Å². The van der Waals surface area contributed by atoms with Gasteiger partial charge in [-0.2, -0.15) is 0 Å². The Balaban J connectivity index is 1.78. The van der Waals surface area contributed by atoms with E-state index in [-0.39, 0.29) is 11.9 Å². The van der Waals surface area contributed by atoms with Crippen molar-refractivity contribution in [2.75, 3.05) is 0 Å². The third-order valence-corrected chi connectivity index (χ3v) is 4.55. The average Bonchev–Trinajstić information content (AvgIpc) is 3.30. The maximum absolute atomic E-state index is 12.7. The molecule has 1 atom stereocenters. The number of nitrogens with one attached hydrogen (secondary N) is 1. The molecule has 0 spiro atoms. The van der Waals surface area contributed by atoms with Crippen molar-refractivity contribution in [3.63, 3.8) is 0 Å². The van der Waals surface area contributed by atoms with Crippen molar-refractivity contribution in [1.29, 1.82) is 0 Å². The number of amides is 1. The molecule has 2 aromatic carbocycles. The van der Waals surface area contributed by atoms with Crippen LogP contribution in [0.5, 0.6) is 0 Å². The first-order chi connectivity index (χ1) is 10.1. The highest BCUT2D eigenvalue weighted by molar-refractivity contribution is 6.31. The van der Waals surface area contributed by atoms with Crippen LogP contribution in [0.2, 0.25) is 5.02 Å². The third-order valence-electron chi connectivity index (χ3n) is 4.22. The topological polar surface area (TPSA) is 29.1 Å². The van der Waals surface area contributed by atoms with Crippen LogP contribution in [0.25, 0.3) is 0 Å². The fourth-order valence-electron chi connectivity index (χ4n) is 2.75. The van der Waals surface area contributed by atoms with Gasteiger partial charge in [-0.25, -0.2) is 0 Å². The van der Waals surface area contributed by atoms with E-state index in [1.807, 2.05) is 61.5 Å². The molecule has 2 nitrogen and oxygen atoms in total. The molecule has 108 valence electrons. The Morgan fingerprint density at radius 3 is 2.33 bits per heavy atom. The SMILES string of the molecule is CC(NC(=O)C1(c2ccccc2Cl)CC1)c1ccccc1. The van der Waals surface area contributed by atoms with Gasteiger partial charge in [0.1, 0.15) is 0 Å². The summed E-state index contributed by atoms with van der Waals surface area (Å²) in [7, 11) is 0. The van der Waals surface area contributed by atoms with Crippen molar-refractivity contribution in [1.82, 2.24) is 5.32 Å². The molecule has 0 aromatic heterocycles. The molecule has 1 aliphatic rings. The highest BCUT2D eigenvalue weighted by Gasteiger charge is 2.52. The molecule has 3 rings (SSSR count). The molecule has 1 aliphatic carbocycles. The van der Waals surface area contributed by atoms with Crippen LogP contribution in [0.4, 0.5) is 0 Å². The van der Waals surface area contributed by atoms with Crippen LogP contribution in [0.3, 0.4) is 0 Å². The van der Waals surface area contributed by atoms with Crippen LogP contribution < -0.4 is 5.32 Å². The van der Waals surface area contributed by atoms with E-state index in [0.29, 0.717) is 5.02 Å². The predicted molar refractivity (Wildman–Crippen MR) is 85.4 cm³/mol. The summed E-state index contributed by atoms with van der Waals surface area (Å²) in [5.41, 5.74) is 1.63. The molecule has 21 heavy (non-hydrogen) atoms. The minimum atomic E-state index is -0.429. The summed E-state index contributed by atoms with van der Waals surface area (Å²) >= 11 is 6.27. The zero-order valence-corrected chi connectivity index (χ0v) is 12.7. The zero-order valence-electron chi connectivity index (χ0n) is 12.0. The Bertz CT molecular complexity index is 649. The third kappa shape index (κ3) is 2.68. The zero-order chi connectivity index (χ0) is 14.9. The highest BCUT2D eigenvalue weighted by atomic mass is 35.5. The molecule has 1 unspecified atom stereocenters. The van der Waals surface area contributed by atoms with Crippen molar-refractivity contribution >= 4 is 17.5 Å². The number of rotatable bonds is 4. The van der Waals surface area contributed by atoms with Crippen LogP contribution in [-0.4, -0.2) is 5.91 Å². The second kappa shape index (κ2) is 5.53. The first-order valence-corrected chi connectivity index (χ1v) is 7.62. The Hall–Kier alpha value is -1.80. The minimum Gasteiger partial charge on any atom is -0.349 e. The Kier molecular flexibility index (Phi) is 3.73. The first-order valence-electron chi connectivity index (χ1n) is 7.24. The van der Waals surface area contributed by atoms with E-state index in [4.69, 9.17) is 11.6 Å². The lowest BCUT2D eigenvalue weighted by molar-refractivity contribution is -0.124. The van der Waals surface area contributed by atoms with Gasteiger partial charge in [0.15, 0.2) is 0 Å². The number of hydrogen-bond donors (Lipinski definition) is 1. The fraction of sp³-hybridized carbons (Fsp3) is 0.278. The van der Waals surface area contributed by atoms with Crippen molar-refractivity contribution in [3.05, 3.63) is 70.7 Å². The quantitative estimate of drug-likeness (QED) is 0.898. The molecule has 1 saturated carbocycles. The van der Waals surface area contributed by atoms with Crippen molar-refractivity contribution in [3.8, 4) is 0 Å². The summed E-state index contributed by atoms with van der Waals surface area (Å²) in [5.74, 6) is 0.0759. The number of hydrogen-bond acceptors (Lipinski definition) is 1. The van der Waals surface area contributed by atoms with E-state index in [9.17, 15) is 4.79 Å². The lowest BCUT2D eigenvalue weighted by Crippen LogP contribution is -2.36. The summed E-state index contributed by atoms with van der Waals surface area (Å²) in [6.45, 7) is 2.01. The van der Waals surface area contributed by atoms with Crippen LogP contribution in [0, 0.1) is 0 Å². The van der Waals surface area contributed by atoms with E-state index in [1.165, 1.54) is 0 Å². The summed E-state index contributed by atoms with van der Waals surface area (Å²) in [6, 6.07) is 17.6. The number of benzene rings is 2. The largest absolute Gasteiger partial charge is 0.349 e. The lowest BCUT2D eigenvalue weighted by atomic mass is 9.94. The van der Waals surface area contributed by atoms with Crippen molar-refractivity contribution in [2.45, 2.75) is 31.2 Å². The molecular weight excluding hydrogens is 282 g/mol. The molecule has 0 radical (unpaired) electrons. The van der Waals surface area contributed by atoms with E-state index >= 15 is 0 Å². The highest BCUT2D eigenvalue weighted by Crippen LogP contribution is 2.50. The normalized spacial score (nSPS) is 17.0. The monoisotopic (exact) mass is 299 g/mol. The predicted octanol–water partition coefficient (Wildman–Crippen LogP) is 4.25. The second-order valence-corrected chi connectivity index (χ2v) is 6.07. The minimum absolute atomic E-state index is 0.00124. The molecule has 0 aliphatic heterocycles. The van der Waals surface area contributed by atoms with E-state index in [1.54, 1.807) is 0 Å². The summed E-state index contributed by atoms with van der Waals surface area (Å²) in [6.07, 6.45) is 1.73. The van der Waals surface area contributed by atoms with Crippen LogP contribution >= 0.6 is 11.6 Å². The van der Waals surface area contributed by atoms with Gasteiger partial charge in [0, 0.05) is 5.02 Å². The molecule has 0 heterocycles. The van der Waals surface area contributed by atoms with Gasteiger partial charge >= 0.3 is 0 Å². The average molecular weight is 300 g/mol. The Morgan fingerprint density at radius 2 is 1.71 bits per heavy atom. The van der Waals surface area contributed by atoms with Crippen LogP contribution in [-0.2, 0) is 10.2 Å². The molecule has 0 bridgehead atoms. The van der Waals surface area contributed by atoms with Crippen molar-refractivity contribution < 1.29 is 4.79 Å². The molecule has 1 amide bonds. The van der Waals surface area contributed by atoms with Crippen LogP contribution in [0.15, 0.2) is 54.6 Å². The molecule has 1 fully saturated rings. The van der Waals surface area contributed by atoms with Gasteiger partial charge in [-0.05, 0) is 37.0 Å². The van der Waals surface area contributed by atoms with Gasteiger partial charge in [0.05, 0.1) is 11.5 Å². The van der Waals surface area contributed by atoms with Gasteiger partial charge in [0.25, 0.3) is 0 Å². The lowest BCUT2D eigenvalue weighted by Gasteiger charge is -2.21. The van der Waals surface area contributed by atoms with Gasteiger partial charge in [-0.15, -0.1) is 0 Å². The molecular formula is C18H18ClNO. The number of halogens is 1. The van der Waals surface area contributed by atoms with E-state index < -0.39 is 5.41 Å². The molecule has 0 saturated heterocycles. The summed E-state index contributed by atoms with van der Waals surface area (Å²) < 4.78 is 0. The summed E-state index contributed by atoms with van der Waals surface area (Å²) in [4.78, 5) is 12.7. The number of carbonyl (C=O) groups excluding carboxylic acids is 1. The van der Waals surface area contributed by atoms with E-state index in [0.717, 1.165) is 24.0 Å². The van der Waals surface area contributed by atoms with Gasteiger partial charge < -0.3 is 5.32 Å². The van der Waals surface area contributed by atoms with Gasteiger partial charge in [-0.1, -0.05) is 60.1 Å². The van der Waals surface area contributed by atoms with Gasteiger partial charge in [0.2, 0.25) is 5.91 Å². The number of carbonyl (C=O) groups is 1. The smallest absolute Gasteiger partial charge is 0.231 e. The maximum atomic E-state index is 12.7. The Labute approximate surface area is 130 Å². The maximum Gasteiger partial charge on any atom is 0.231 e.